The first kappa shape index (κ1) is 29.9. The van der Waals surface area contributed by atoms with Gasteiger partial charge in [-0.3, -0.25) is 14.3 Å². The number of fused-ring (bicyclic) bond motifs is 3. The molecule has 0 radical (unpaired) electrons. The topological polar surface area (TPSA) is 138 Å². The highest BCUT2D eigenvalue weighted by atomic mass is 32.2. The molecule has 1 fully saturated rings. The number of hydrogen-bond acceptors (Lipinski definition) is 7. The van der Waals surface area contributed by atoms with E-state index in [1.807, 2.05) is 6.07 Å². The van der Waals surface area contributed by atoms with Crippen molar-refractivity contribution in [3.05, 3.63) is 107 Å². The fourth-order valence-electron chi connectivity index (χ4n) is 5.77. The Morgan fingerprint density at radius 3 is 2.36 bits per heavy atom. The first-order valence-corrected chi connectivity index (χ1v) is 15.6. The Hall–Kier alpha value is -5.13. The van der Waals surface area contributed by atoms with Crippen molar-refractivity contribution in [2.75, 3.05) is 36.7 Å². The molecule has 0 spiro atoms. The number of amides is 2. The number of ether oxygens (including phenoxy) is 1. The summed E-state index contributed by atoms with van der Waals surface area (Å²) in [5, 5.41) is 16.4. The van der Waals surface area contributed by atoms with Gasteiger partial charge in [-0.2, -0.15) is 23.4 Å². The summed E-state index contributed by atoms with van der Waals surface area (Å²) in [6, 6.07) is 17.5. The normalized spacial score (nSPS) is 18.2. The third kappa shape index (κ3) is 5.19. The van der Waals surface area contributed by atoms with Gasteiger partial charge in [-0.1, -0.05) is 42.5 Å². The lowest BCUT2D eigenvalue weighted by Gasteiger charge is -2.37. The van der Waals surface area contributed by atoms with Gasteiger partial charge in [0.15, 0.2) is 5.69 Å². The molecule has 45 heavy (non-hydrogen) atoms. The summed E-state index contributed by atoms with van der Waals surface area (Å²) >= 11 is 0. The van der Waals surface area contributed by atoms with Crippen LogP contribution in [0.25, 0.3) is 0 Å². The highest BCUT2D eigenvalue weighted by molar-refractivity contribution is 7.88. The maximum absolute atomic E-state index is 15.3. The molecule has 14 heteroatoms. The van der Waals surface area contributed by atoms with E-state index in [1.165, 1.54) is 93.9 Å². The molecule has 0 bridgehead atoms. The summed E-state index contributed by atoms with van der Waals surface area (Å²) in [6.45, 7) is -0.0372. The summed E-state index contributed by atoms with van der Waals surface area (Å²) in [5.74, 6) is -4.23. The van der Waals surface area contributed by atoms with E-state index in [-0.39, 0.29) is 58.2 Å². The summed E-state index contributed by atoms with van der Waals surface area (Å²) in [7, 11) is -2.26. The predicted molar refractivity (Wildman–Crippen MR) is 160 cm³/mol. The Morgan fingerprint density at radius 1 is 1.04 bits per heavy atom. The molecule has 1 N–H and O–H groups in total. The number of nitrogens with zero attached hydrogens (tertiary/aromatic N) is 5. The average molecular weight is 633 g/mol. The number of carbonyl (C=O) groups is 2. The van der Waals surface area contributed by atoms with E-state index in [0.29, 0.717) is 0 Å². The molecule has 2 atom stereocenters. The molecule has 230 valence electrons. The lowest BCUT2D eigenvalue weighted by atomic mass is 9.99. The monoisotopic (exact) mass is 632 g/mol. The van der Waals surface area contributed by atoms with Gasteiger partial charge < -0.3 is 15.0 Å². The number of nitriles is 1. The number of alkyl halides is 2. The number of hydrogen-bond donors (Lipinski definition) is 1. The Labute approximate surface area is 257 Å². The molecule has 2 aliphatic rings. The minimum atomic E-state index is -3.66. The number of methoxy groups -OCH3 is 1. The zero-order chi connectivity index (χ0) is 32.1. The molecule has 2 amide bonds. The number of carbonyl (C=O) groups excluding carboxylic acids is 2. The van der Waals surface area contributed by atoms with Crippen LogP contribution in [-0.2, 0) is 15.9 Å². The van der Waals surface area contributed by atoms with Gasteiger partial charge in [0.25, 0.3) is 17.7 Å². The second kappa shape index (κ2) is 11.1. The standard InChI is InChI=1S/C31H26F2N6O5S/c1-44-27-13-8-19(14-20(27)15-34)29(40)36-24-16-35-39-26-18-37(45(2,42)43)17-25(26)38(30(41)28(24)39)23-11-9-22(10-12-23)31(32,33)21-6-4-3-5-7-21/h3-14,16,25-26H,17-18H2,1-2H3,(H,36,40)/t25-,26+/m1/s1. The largest absolute Gasteiger partial charge is 0.495 e. The van der Waals surface area contributed by atoms with E-state index in [2.05, 4.69) is 10.4 Å². The number of nitrogens with one attached hydrogen (secondary N) is 1. The van der Waals surface area contributed by atoms with E-state index in [4.69, 9.17) is 4.74 Å². The minimum Gasteiger partial charge on any atom is -0.495 e. The quantitative estimate of drug-likeness (QED) is 0.325. The van der Waals surface area contributed by atoms with Crippen molar-refractivity contribution in [3.63, 3.8) is 0 Å². The predicted octanol–water partition coefficient (Wildman–Crippen LogP) is 4.00. The Bertz CT molecular complexity index is 1960. The second-order valence-corrected chi connectivity index (χ2v) is 12.7. The van der Waals surface area contributed by atoms with Gasteiger partial charge in [0.05, 0.1) is 42.9 Å². The van der Waals surface area contributed by atoms with Crippen LogP contribution in [0, 0.1) is 11.3 Å². The third-order valence-electron chi connectivity index (χ3n) is 8.03. The molecule has 0 unspecified atom stereocenters. The van der Waals surface area contributed by atoms with Crippen LogP contribution < -0.4 is 15.0 Å². The molecule has 1 aromatic heterocycles. The molecule has 4 aromatic rings. The lowest BCUT2D eigenvalue weighted by molar-refractivity contribution is 0.0428. The summed E-state index contributed by atoms with van der Waals surface area (Å²) < 4.78 is 63.4. The number of benzene rings is 3. The van der Waals surface area contributed by atoms with E-state index in [0.717, 1.165) is 6.26 Å². The minimum absolute atomic E-state index is 0.00349. The van der Waals surface area contributed by atoms with Gasteiger partial charge in [0, 0.05) is 35.5 Å². The zero-order valence-electron chi connectivity index (χ0n) is 24.0. The van der Waals surface area contributed by atoms with Crippen LogP contribution in [0.4, 0.5) is 20.2 Å². The van der Waals surface area contributed by atoms with Crippen LogP contribution >= 0.6 is 0 Å². The lowest BCUT2D eigenvalue weighted by Crippen LogP contribution is -2.51. The molecule has 6 rings (SSSR count). The number of rotatable bonds is 7. The summed E-state index contributed by atoms with van der Waals surface area (Å²) in [5.41, 5.74) is 0.132. The third-order valence-corrected chi connectivity index (χ3v) is 9.27. The van der Waals surface area contributed by atoms with Gasteiger partial charge in [-0.05, 0) is 30.3 Å². The number of halogens is 2. The van der Waals surface area contributed by atoms with Crippen LogP contribution in [0.2, 0.25) is 0 Å². The molecular formula is C31H26F2N6O5S. The number of anilines is 2. The Morgan fingerprint density at radius 2 is 1.71 bits per heavy atom. The van der Waals surface area contributed by atoms with Gasteiger partial charge in [0.2, 0.25) is 10.0 Å². The first-order valence-electron chi connectivity index (χ1n) is 13.7. The Kier molecular flexibility index (Phi) is 7.38. The van der Waals surface area contributed by atoms with Crippen LogP contribution in [-0.4, -0.2) is 66.8 Å². The van der Waals surface area contributed by atoms with E-state index in [1.54, 1.807) is 6.07 Å². The van der Waals surface area contributed by atoms with Crippen LogP contribution in [0.1, 0.15) is 43.6 Å². The molecule has 1 saturated heterocycles. The molecular weight excluding hydrogens is 606 g/mol. The van der Waals surface area contributed by atoms with Crippen molar-refractivity contribution in [1.29, 1.82) is 5.26 Å². The SMILES string of the molecule is COc1ccc(C(=O)Nc2cnn3c2C(=O)N(c2ccc(C(F)(F)c4ccccc4)cc2)[C@@H]2CN(S(C)(=O)=O)C[C@@H]23)cc1C#N. The van der Waals surface area contributed by atoms with Crippen molar-refractivity contribution < 1.29 is 31.5 Å². The van der Waals surface area contributed by atoms with Crippen molar-refractivity contribution >= 4 is 33.2 Å². The first-order chi connectivity index (χ1) is 21.4. The fraction of sp³-hybridized carbons (Fsp3) is 0.226. The zero-order valence-corrected chi connectivity index (χ0v) is 24.8. The van der Waals surface area contributed by atoms with Gasteiger partial charge in [-0.25, -0.2) is 8.42 Å². The van der Waals surface area contributed by atoms with Crippen LogP contribution in [0.15, 0.2) is 79.0 Å². The van der Waals surface area contributed by atoms with Crippen molar-refractivity contribution in [1.82, 2.24) is 14.1 Å². The maximum atomic E-state index is 15.3. The van der Waals surface area contributed by atoms with Gasteiger partial charge in [0.1, 0.15) is 11.8 Å². The smallest absolute Gasteiger partial charge is 0.298 e. The molecule has 0 aliphatic carbocycles. The maximum Gasteiger partial charge on any atom is 0.298 e. The average Bonchev–Trinajstić information content (AvgIpc) is 3.67. The summed E-state index contributed by atoms with van der Waals surface area (Å²) in [4.78, 5) is 28.7. The fourth-order valence-corrected chi connectivity index (χ4v) is 6.62. The highest BCUT2D eigenvalue weighted by Gasteiger charge is 2.50. The molecule has 3 aromatic carbocycles. The van der Waals surface area contributed by atoms with E-state index < -0.39 is 39.8 Å². The molecule has 11 nitrogen and oxygen atoms in total. The Balaban J connectivity index is 1.37. The summed E-state index contributed by atoms with van der Waals surface area (Å²) in [6.07, 6.45) is 2.37. The number of aromatic nitrogens is 2. The van der Waals surface area contributed by atoms with E-state index in [9.17, 15) is 23.3 Å². The van der Waals surface area contributed by atoms with Crippen LogP contribution in [0.5, 0.6) is 5.75 Å². The van der Waals surface area contributed by atoms with Crippen LogP contribution in [0.3, 0.4) is 0 Å². The van der Waals surface area contributed by atoms with Crippen molar-refractivity contribution in [2.45, 2.75) is 18.0 Å². The van der Waals surface area contributed by atoms with Gasteiger partial charge >= 0.3 is 0 Å². The van der Waals surface area contributed by atoms with E-state index >= 15 is 8.78 Å². The second-order valence-electron chi connectivity index (χ2n) is 10.7. The highest BCUT2D eigenvalue weighted by Crippen LogP contribution is 2.41. The molecule has 2 aliphatic heterocycles. The molecule has 0 saturated carbocycles. The van der Waals surface area contributed by atoms with Crippen molar-refractivity contribution in [2.24, 2.45) is 0 Å². The molecule has 3 heterocycles. The number of sulfonamides is 1. The van der Waals surface area contributed by atoms with Crippen molar-refractivity contribution in [3.8, 4) is 11.8 Å². The van der Waals surface area contributed by atoms with Gasteiger partial charge in [-0.15, -0.1) is 0 Å².